The third kappa shape index (κ3) is 2.26. The van der Waals surface area contributed by atoms with Gasteiger partial charge in [0.15, 0.2) is 0 Å². The van der Waals surface area contributed by atoms with E-state index in [1.165, 1.54) is 0 Å². The summed E-state index contributed by atoms with van der Waals surface area (Å²) in [6.07, 6.45) is 0. The van der Waals surface area contributed by atoms with Gasteiger partial charge >= 0.3 is 0 Å². The monoisotopic (exact) mass is 274 g/mol. The van der Waals surface area contributed by atoms with Gasteiger partial charge in [-0.1, -0.05) is 18.2 Å². The van der Waals surface area contributed by atoms with Crippen LogP contribution in [0, 0.1) is 0 Å². The molecule has 2 heteroatoms. The predicted octanol–water partition coefficient (Wildman–Crippen LogP) is 1.39. The molecule has 0 aliphatic carbocycles. The summed E-state index contributed by atoms with van der Waals surface area (Å²) in [7, 11) is 0. The number of benzene rings is 1. The van der Waals surface area contributed by atoms with E-state index in [0.717, 1.165) is 0 Å². The Morgan fingerprint density at radius 2 is 1.50 bits per heavy atom. The Morgan fingerprint density at radius 3 is 1.75 bits per heavy atom. The zero-order valence-electron chi connectivity index (χ0n) is 4.33. The number of phenols is 1. The van der Waals surface area contributed by atoms with Gasteiger partial charge in [0.2, 0.25) is 0 Å². The molecule has 1 aromatic carbocycles. The maximum atomic E-state index is 8.63. The van der Waals surface area contributed by atoms with Crippen LogP contribution in [0.5, 0.6) is 5.75 Å². The first-order valence-corrected chi connectivity index (χ1v) is 2.13. The van der Waals surface area contributed by atoms with Crippen molar-refractivity contribution in [2.45, 2.75) is 0 Å². The summed E-state index contributed by atoms with van der Waals surface area (Å²) < 4.78 is 0. The molecule has 0 aliphatic rings. The van der Waals surface area contributed by atoms with Crippen LogP contribution in [0.2, 0.25) is 0 Å². The van der Waals surface area contributed by atoms with Gasteiger partial charge < -0.3 is 5.11 Å². The van der Waals surface area contributed by atoms with E-state index in [1.807, 2.05) is 6.07 Å². The van der Waals surface area contributed by atoms with E-state index >= 15 is 0 Å². The van der Waals surface area contributed by atoms with Crippen molar-refractivity contribution in [3.8, 4) is 5.75 Å². The van der Waals surface area contributed by atoms with Crippen molar-refractivity contribution in [3.05, 3.63) is 30.3 Å². The van der Waals surface area contributed by atoms with Crippen LogP contribution in [0.4, 0.5) is 0 Å². The first-order valence-electron chi connectivity index (χ1n) is 2.13. The van der Waals surface area contributed by atoms with Gasteiger partial charge in [0, 0.05) is 25.8 Å². The van der Waals surface area contributed by atoms with Gasteiger partial charge in [-0.25, -0.2) is 0 Å². The molecule has 0 saturated heterocycles. The van der Waals surface area contributed by atoms with Crippen LogP contribution < -0.4 is 0 Å². The van der Waals surface area contributed by atoms with Gasteiger partial charge in [-0.05, 0) is 12.1 Å². The van der Waals surface area contributed by atoms with E-state index in [0.29, 0.717) is 5.75 Å². The normalized spacial score (nSPS) is 7.50. The van der Waals surface area contributed by atoms with Crippen LogP contribution in [-0.2, 0) is 25.8 Å². The van der Waals surface area contributed by atoms with Crippen LogP contribution in [0.15, 0.2) is 30.3 Å². The molecule has 1 rings (SSSR count). The van der Waals surface area contributed by atoms with Crippen molar-refractivity contribution in [3.63, 3.8) is 0 Å². The molecular formula is C6H6HfO. The molecule has 0 atom stereocenters. The molecule has 0 spiro atoms. The second kappa shape index (κ2) is 3.84. The van der Waals surface area contributed by atoms with Gasteiger partial charge in [-0.3, -0.25) is 0 Å². The fraction of sp³-hybridized carbons (Fsp3) is 0. The van der Waals surface area contributed by atoms with E-state index in [2.05, 4.69) is 0 Å². The van der Waals surface area contributed by atoms with Crippen molar-refractivity contribution in [1.29, 1.82) is 0 Å². The van der Waals surface area contributed by atoms with E-state index in [9.17, 15) is 0 Å². The number of para-hydroxylation sites is 1. The van der Waals surface area contributed by atoms with Crippen LogP contribution in [0.25, 0.3) is 0 Å². The second-order valence-electron chi connectivity index (χ2n) is 1.34. The maximum Gasteiger partial charge on any atom is 0.115 e. The fourth-order valence-corrected chi connectivity index (χ4v) is 0.428. The summed E-state index contributed by atoms with van der Waals surface area (Å²) in [5.41, 5.74) is 0. The Bertz CT molecular complexity index is 138. The minimum Gasteiger partial charge on any atom is -0.508 e. The Hall–Kier alpha value is -0.110. The molecule has 0 aromatic heterocycles. The predicted molar refractivity (Wildman–Crippen MR) is 28.1 cm³/mol. The number of aromatic hydroxyl groups is 1. The molecule has 1 nitrogen and oxygen atoms in total. The van der Waals surface area contributed by atoms with Gasteiger partial charge in [0.05, 0.1) is 0 Å². The van der Waals surface area contributed by atoms with Gasteiger partial charge in [-0.15, -0.1) is 0 Å². The van der Waals surface area contributed by atoms with Crippen LogP contribution in [0.3, 0.4) is 0 Å². The molecule has 0 fully saturated rings. The van der Waals surface area contributed by atoms with E-state index in [4.69, 9.17) is 5.11 Å². The molecule has 0 unspecified atom stereocenters. The number of phenolic OH excluding ortho intramolecular Hbond substituents is 1. The molecule has 1 aromatic rings. The van der Waals surface area contributed by atoms with Crippen LogP contribution in [-0.4, -0.2) is 5.11 Å². The SMILES string of the molecule is Oc1ccccc1.[Hf]. The topological polar surface area (TPSA) is 20.2 Å². The maximum absolute atomic E-state index is 8.63. The standard InChI is InChI=1S/C6H6O.Hf/c7-6-4-2-1-3-5-6;/h1-5,7H;. The minimum absolute atomic E-state index is 0. The van der Waals surface area contributed by atoms with E-state index < -0.39 is 0 Å². The van der Waals surface area contributed by atoms with Crippen molar-refractivity contribution >= 4 is 0 Å². The Morgan fingerprint density at radius 1 is 1.00 bits per heavy atom. The van der Waals surface area contributed by atoms with Crippen molar-refractivity contribution < 1.29 is 30.9 Å². The first kappa shape index (κ1) is 7.89. The molecule has 1 N–H and O–H groups in total. The second-order valence-corrected chi connectivity index (χ2v) is 1.34. The van der Waals surface area contributed by atoms with Gasteiger partial charge in [0.1, 0.15) is 5.75 Å². The molecule has 8 heavy (non-hydrogen) atoms. The largest absolute Gasteiger partial charge is 0.508 e. The summed E-state index contributed by atoms with van der Waals surface area (Å²) in [5, 5.41) is 8.63. The molecule has 0 heterocycles. The summed E-state index contributed by atoms with van der Waals surface area (Å²) in [6.45, 7) is 0. The minimum atomic E-state index is 0. The van der Waals surface area contributed by atoms with Crippen molar-refractivity contribution in [2.24, 2.45) is 0 Å². The molecule has 0 bridgehead atoms. The number of hydrogen-bond acceptors (Lipinski definition) is 1. The molecule has 0 aliphatic heterocycles. The summed E-state index contributed by atoms with van der Waals surface area (Å²) >= 11 is 0. The quantitative estimate of drug-likeness (QED) is 0.708. The molecule has 40 valence electrons. The average molecular weight is 273 g/mol. The third-order valence-electron chi connectivity index (χ3n) is 0.756. The van der Waals surface area contributed by atoms with Crippen LogP contribution >= 0.6 is 0 Å². The fourth-order valence-electron chi connectivity index (χ4n) is 0.428. The smallest absolute Gasteiger partial charge is 0.115 e. The number of hydrogen-bond donors (Lipinski definition) is 1. The summed E-state index contributed by atoms with van der Waals surface area (Å²) in [6, 6.07) is 8.71. The Labute approximate surface area is 67.1 Å². The molecular weight excluding hydrogens is 267 g/mol. The van der Waals surface area contributed by atoms with Gasteiger partial charge in [-0.2, -0.15) is 0 Å². The zero-order valence-corrected chi connectivity index (χ0v) is 7.93. The van der Waals surface area contributed by atoms with Crippen LogP contribution in [0.1, 0.15) is 0 Å². The van der Waals surface area contributed by atoms with Crippen molar-refractivity contribution in [2.75, 3.05) is 0 Å². The molecule has 0 amide bonds. The van der Waals surface area contributed by atoms with Gasteiger partial charge in [0.25, 0.3) is 0 Å². The molecule has 0 radical (unpaired) electrons. The van der Waals surface area contributed by atoms with Crippen molar-refractivity contribution in [1.82, 2.24) is 0 Å². The first-order chi connectivity index (χ1) is 3.39. The summed E-state index contributed by atoms with van der Waals surface area (Å²) in [5.74, 6) is 0.322. The summed E-state index contributed by atoms with van der Waals surface area (Å²) in [4.78, 5) is 0. The average Bonchev–Trinajstić information content (AvgIpc) is 1.69. The van der Waals surface area contributed by atoms with E-state index in [1.54, 1.807) is 24.3 Å². The number of rotatable bonds is 0. The van der Waals surface area contributed by atoms with E-state index in [-0.39, 0.29) is 25.8 Å². The zero-order chi connectivity index (χ0) is 5.11. The molecule has 0 saturated carbocycles. The Balaban J connectivity index is 0.000000490. The third-order valence-corrected chi connectivity index (χ3v) is 0.756. The Kier molecular flexibility index (Phi) is 3.79.